The molecule has 0 spiro atoms. The highest BCUT2D eigenvalue weighted by atomic mass is 32.2. The smallest absolute Gasteiger partial charge is 0.335 e. The summed E-state index contributed by atoms with van der Waals surface area (Å²) >= 11 is 0. The third-order valence-corrected chi connectivity index (χ3v) is 7.41. The Morgan fingerprint density at radius 3 is 2.18 bits per heavy atom. The van der Waals surface area contributed by atoms with Crippen molar-refractivity contribution >= 4 is 49.5 Å². The van der Waals surface area contributed by atoms with Gasteiger partial charge in [0.1, 0.15) is 5.58 Å². The van der Waals surface area contributed by atoms with Crippen LogP contribution in [0.5, 0.6) is 0 Å². The van der Waals surface area contributed by atoms with Gasteiger partial charge in [-0.25, -0.2) is 4.79 Å². The number of rotatable bonds is 5. The van der Waals surface area contributed by atoms with Gasteiger partial charge in [0, 0.05) is 15.4 Å². The first-order valence-corrected chi connectivity index (χ1v) is 11.1. The normalized spacial score (nSPS) is 14.1. The molecule has 1 aromatic heterocycles. The molecular formula is C20H20O6S2. The molecule has 2 unspecified atom stereocenters. The van der Waals surface area contributed by atoms with E-state index in [1.54, 1.807) is 33.8 Å². The quantitative estimate of drug-likeness (QED) is 0.632. The van der Waals surface area contributed by atoms with E-state index >= 15 is 0 Å². The first-order valence-electron chi connectivity index (χ1n) is 8.71. The molecule has 0 saturated carbocycles. The summed E-state index contributed by atoms with van der Waals surface area (Å²) in [6.45, 7) is 7.15. The van der Waals surface area contributed by atoms with E-state index in [4.69, 9.17) is 4.42 Å². The van der Waals surface area contributed by atoms with E-state index < -0.39 is 33.0 Å². The van der Waals surface area contributed by atoms with Crippen molar-refractivity contribution in [3.8, 4) is 0 Å². The Bertz CT molecular complexity index is 1210. The maximum atomic E-state index is 13.1. The molecule has 6 nitrogen and oxygen atoms in total. The minimum Gasteiger partial charge on any atom is -0.478 e. The second-order valence-corrected chi connectivity index (χ2v) is 10.9. The number of hydrogen-bond acceptors (Lipinski definition) is 5. The number of carboxylic acid groups (broad SMARTS) is 1. The van der Waals surface area contributed by atoms with Crippen molar-refractivity contribution in [3.63, 3.8) is 0 Å². The predicted octanol–water partition coefficient (Wildman–Crippen LogP) is 3.68. The van der Waals surface area contributed by atoms with E-state index in [1.807, 2.05) is 0 Å². The van der Waals surface area contributed by atoms with Crippen LogP contribution in [-0.4, -0.2) is 30.0 Å². The molecule has 0 bridgehead atoms. The maximum absolute atomic E-state index is 13.1. The van der Waals surface area contributed by atoms with Gasteiger partial charge in [0.05, 0.1) is 42.8 Å². The molecule has 3 aromatic rings. The highest BCUT2D eigenvalue weighted by molar-refractivity contribution is 7.86. The van der Waals surface area contributed by atoms with Gasteiger partial charge in [-0.05, 0) is 30.3 Å². The number of carboxylic acids is 1. The number of carbonyl (C=O) groups is 1. The van der Waals surface area contributed by atoms with E-state index in [-0.39, 0.29) is 38.0 Å². The van der Waals surface area contributed by atoms with Crippen molar-refractivity contribution in [3.05, 3.63) is 46.1 Å². The number of hydrogen-bond donors (Lipinski definition) is 1. The zero-order valence-corrected chi connectivity index (χ0v) is 17.5. The summed E-state index contributed by atoms with van der Waals surface area (Å²) in [5, 5.41) is 9.02. The van der Waals surface area contributed by atoms with Crippen LogP contribution in [0.25, 0.3) is 21.9 Å². The second-order valence-electron chi connectivity index (χ2n) is 6.94. The van der Waals surface area contributed by atoms with Crippen molar-refractivity contribution in [2.45, 2.75) is 48.0 Å². The summed E-state index contributed by atoms with van der Waals surface area (Å²) in [6, 6.07) is 7.09. The fraction of sp³-hybridized carbons (Fsp3) is 0.300. The van der Waals surface area contributed by atoms with Crippen LogP contribution < -0.4 is 5.43 Å². The Morgan fingerprint density at radius 1 is 0.964 bits per heavy atom. The first kappa shape index (κ1) is 20.4. The minimum atomic E-state index is -1.47. The molecule has 8 heteroatoms. The number of aromatic carboxylic acids is 1. The molecule has 0 saturated heterocycles. The lowest BCUT2D eigenvalue weighted by Crippen LogP contribution is -2.12. The van der Waals surface area contributed by atoms with E-state index in [0.29, 0.717) is 9.79 Å². The largest absolute Gasteiger partial charge is 0.478 e. The van der Waals surface area contributed by atoms with Gasteiger partial charge < -0.3 is 9.52 Å². The molecule has 0 fully saturated rings. The average Bonchev–Trinajstić information content (AvgIpc) is 2.65. The summed E-state index contributed by atoms with van der Waals surface area (Å²) in [7, 11) is -2.87. The summed E-state index contributed by atoms with van der Waals surface area (Å²) in [4.78, 5) is 25.1. The van der Waals surface area contributed by atoms with Crippen LogP contribution in [0.1, 0.15) is 38.1 Å². The Hall–Kier alpha value is -2.32. The Balaban J connectivity index is 2.46. The van der Waals surface area contributed by atoms with Gasteiger partial charge in [-0.2, -0.15) is 0 Å². The highest BCUT2D eigenvalue weighted by Crippen LogP contribution is 2.29. The van der Waals surface area contributed by atoms with Gasteiger partial charge in [-0.3, -0.25) is 13.2 Å². The molecule has 0 aliphatic carbocycles. The highest BCUT2D eigenvalue weighted by Gasteiger charge is 2.22. The third-order valence-electron chi connectivity index (χ3n) is 4.26. The SMILES string of the molecule is CC(C)S(=O)c1cc(S(=O)C(C)C)c2oc3ccc(C(=O)O)cc3c(=O)c2c1. The van der Waals surface area contributed by atoms with Crippen LogP contribution in [0, 0.1) is 0 Å². The van der Waals surface area contributed by atoms with Crippen molar-refractivity contribution < 1.29 is 22.7 Å². The monoisotopic (exact) mass is 420 g/mol. The van der Waals surface area contributed by atoms with Gasteiger partial charge in [-0.15, -0.1) is 0 Å². The van der Waals surface area contributed by atoms with Crippen LogP contribution >= 0.6 is 0 Å². The zero-order valence-electron chi connectivity index (χ0n) is 15.8. The average molecular weight is 421 g/mol. The summed E-state index contributed by atoms with van der Waals surface area (Å²) in [5.41, 5.74) is -0.0876. The van der Waals surface area contributed by atoms with Crippen molar-refractivity contribution in [2.75, 3.05) is 0 Å². The maximum Gasteiger partial charge on any atom is 0.335 e. The fourth-order valence-electron chi connectivity index (χ4n) is 2.83. The van der Waals surface area contributed by atoms with Gasteiger partial charge >= 0.3 is 5.97 Å². The van der Waals surface area contributed by atoms with Crippen LogP contribution in [0.3, 0.4) is 0 Å². The van der Waals surface area contributed by atoms with Crippen molar-refractivity contribution in [1.82, 2.24) is 0 Å². The number of fused-ring (bicyclic) bond motifs is 2. The lowest BCUT2D eigenvalue weighted by molar-refractivity contribution is 0.0697. The number of benzene rings is 2. The van der Waals surface area contributed by atoms with E-state index in [1.165, 1.54) is 24.3 Å². The lowest BCUT2D eigenvalue weighted by atomic mass is 10.1. The van der Waals surface area contributed by atoms with E-state index in [0.717, 1.165) is 0 Å². The van der Waals surface area contributed by atoms with Crippen molar-refractivity contribution in [1.29, 1.82) is 0 Å². The molecule has 28 heavy (non-hydrogen) atoms. The Kier molecular flexibility index (Phi) is 5.54. The predicted molar refractivity (Wildman–Crippen MR) is 110 cm³/mol. The van der Waals surface area contributed by atoms with Crippen LogP contribution in [-0.2, 0) is 21.6 Å². The molecule has 1 heterocycles. The third kappa shape index (κ3) is 3.54. The van der Waals surface area contributed by atoms with Crippen LogP contribution in [0.15, 0.2) is 49.3 Å². The molecular weight excluding hydrogens is 400 g/mol. The van der Waals surface area contributed by atoms with Gasteiger partial charge in [0.25, 0.3) is 0 Å². The first-order chi connectivity index (χ1) is 13.1. The molecule has 2 atom stereocenters. The van der Waals surface area contributed by atoms with E-state index in [9.17, 15) is 23.1 Å². The second kappa shape index (κ2) is 7.60. The minimum absolute atomic E-state index is 0.0351. The van der Waals surface area contributed by atoms with Gasteiger partial charge in [0.2, 0.25) is 5.43 Å². The molecule has 0 amide bonds. The van der Waals surface area contributed by atoms with E-state index in [2.05, 4.69) is 0 Å². The van der Waals surface area contributed by atoms with Crippen molar-refractivity contribution in [2.24, 2.45) is 0 Å². The lowest BCUT2D eigenvalue weighted by Gasteiger charge is -2.13. The van der Waals surface area contributed by atoms with Crippen LogP contribution in [0.2, 0.25) is 0 Å². The molecule has 0 radical (unpaired) electrons. The molecule has 3 rings (SSSR count). The van der Waals surface area contributed by atoms with Crippen LogP contribution in [0.4, 0.5) is 0 Å². The summed E-state index contributed by atoms with van der Waals surface area (Å²) in [5.74, 6) is -1.15. The van der Waals surface area contributed by atoms with Gasteiger partial charge in [-0.1, -0.05) is 27.7 Å². The standard InChI is InChI=1S/C20H20O6S2/c1-10(2)27(24)13-8-15-18(21)14-7-12(20(22)23)5-6-16(14)26-19(15)17(9-13)28(25)11(3)4/h5-11H,1-4H3,(H,22,23). The molecule has 0 aliphatic heterocycles. The summed E-state index contributed by atoms with van der Waals surface area (Å²) in [6.07, 6.45) is 0. The Morgan fingerprint density at radius 2 is 1.61 bits per heavy atom. The molecule has 0 aliphatic rings. The molecule has 2 aromatic carbocycles. The zero-order chi connectivity index (χ0) is 20.7. The Labute approximate surface area is 166 Å². The topological polar surface area (TPSA) is 102 Å². The molecule has 1 N–H and O–H groups in total. The van der Waals surface area contributed by atoms with Gasteiger partial charge in [0.15, 0.2) is 5.58 Å². The summed E-state index contributed by atoms with van der Waals surface area (Å²) < 4.78 is 31.4. The molecule has 148 valence electrons. The fourth-order valence-corrected chi connectivity index (χ4v) is 5.00.